The van der Waals surface area contributed by atoms with Crippen molar-refractivity contribution in [3.05, 3.63) is 23.8 Å². The Morgan fingerprint density at radius 2 is 1.96 bits per heavy atom. The summed E-state index contributed by atoms with van der Waals surface area (Å²) in [6.07, 6.45) is 4.39. The van der Waals surface area contributed by atoms with Crippen LogP contribution in [0, 0.1) is 11.8 Å². The second-order valence-corrected chi connectivity index (χ2v) is 7.47. The van der Waals surface area contributed by atoms with E-state index in [0.29, 0.717) is 17.9 Å². The standard InChI is InChI=1S/C19H25F2NO2/c1-19(20,21)24-13-7-8-16-15(11-13)18-14(9-10-23-18)17(22-16)12-5-3-2-4-6-12/h7-8,11-12,14,17-18,22H,2-6,9-10H2,1H3/t14-,17+,18-/m0/s1. The van der Waals surface area contributed by atoms with E-state index in [4.69, 9.17) is 9.47 Å². The largest absolute Gasteiger partial charge is 0.433 e. The van der Waals surface area contributed by atoms with Gasteiger partial charge in [0.2, 0.25) is 0 Å². The average molecular weight is 337 g/mol. The number of benzene rings is 1. The van der Waals surface area contributed by atoms with Gasteiger partial charge in [-0.25, -0.2) is 0 Å². The van der Waals surface area contributed by atoms with Crippen LogP contribution < -0.4 is 10.1 Å². The average Bonchev–Trinajstić information content (AvgIpc) is 3.03. The van der Waals surface area contributed by atoms with Gasteiger partial charge in [0.25, 0.3) is 0 Å². The molecular formula is C19H25F2NO2. The first kappa shape index (κ1) is 16.1. The summed E-state index contributed by atoms with van der Waals surface area (Å²) < 4.78 is 37.0. The Hall–Kier alpha value is -1.36. The molecule has 4 rings (SSSR count). The first-order valence-electron chi connectivity index (χ1n) is 9.10. The molecule has 0 radical (unpaired) electrons. The fourth-order valence-corrected chi connectivity index (χ4v) is 4.72. The van der Waals surface area contributed by atoms with E-state index in [1.165, 1.54) is 32.1 Å². The van der Waals surface area contributed by atoms with Crippen LogP contribution in [0.4, 0.5) is 14.5 Å². The molecule has 1 saturated heterocycles. The summed E-state index contributed by atoms with van der Waals surface area (Å²) in [5, 5.41) is 3.71. The van der Waals surface area contributed by atoms with Gasteiger partial charge >= 0.3 is 6.11 Å². The molecule has 5 heteroatoms. The number of alkyl halides is 2. The van der Waals surface area contributed by atoms with Crippen LogP contribution in [0.5, 0.6) is 5.75 Å². The zero-order chi connectivity index (χ0) is 16.7. The van der Waals surface area contributed by atoms with Crippen LogP contribution in [0.15, 0.2) is 18.2 Å². The van der Waals surface area contributed by atoms with E-state index in [-0.39, 0.29) is 11.9 Å². The molecule has 3 atom stereocenters. The fraction of sp³-hybridized carbons (Fsp3) is 0.684. The van der Waals surface area contributed by atoms with Gasteiger partial charge in [-0.15, -0.1) is 0 Å². The normalized spacial score (nSPS) is 30.4. The lowest BCUT2D eigenvalue weighted by atomic mass is 9.73. The maximum Gasteiger partial charge on any atom is 0.394 e. The zero-order valence-electron chi connectivity index (χ0n) is 14.1. The summed E-state index contributed by atoms with van der Waals surface area (Å²) >= 11 is 0. The zero-order valence-corrected chi connectivity index (χ0v) is 14.1. The highest BCUT2D eigenvalue weighted by Gasteiger charge is 2.44. The highest BCUT2D eigenvalue weighted by Crippen LogP contribution is 2.49. The Bertz CT molecular complexity index is 596. The van der Waals surface area contributed by atoms with Crippen LogP contribution in [-0.2, 0) is 4.74 Å². The van der Waals surface area contributed by atoms with Crippen molar-refractivity contribution in [3.63, 3.8) is 0 Å². The second-order valence-electron chi connectivity index (χ2n) is 7.47. The lowest BCUT2D eigenvalue weighted by Crippen LogP contribution is -2.42. The van der Waals surface area contributed by atoms with Crippen molar-refractivity contribution >= 4 is 5.69 Å². The smallest absolute Gasteiger partial charge is 0.394 e. The van der Waals surface area contributed by atoms with E-state index in [2.05, 4.69) is 5.32 Å². The molecule has 2 fully saturated rings. The fourth-order valence-electron chi connectivity index (χ4n) is 4.72. The first-order chi connectivity index (χ1) is 11.5. The molecule has 0 amide bonds. The van der Waals surface area contributed by atoms with E-state index < -0.39 is 6.11 Å². The monoisotopic (exact) mass is 337 g/mol. The predicted octanol–water partition coefficient (Wildman–Crippen LogP) is 5.13. The van der Waals surface area contributed by atoms with Crippen LogP contribution in [-0.4, -0.2) is 18.8 Å². The van der Waals surface area contributed by atoms with Crippen LogP contribution >= 0.6 is 0 Å². The lowest BCUT2D eigenvalue weighted by molar-refractivity contribution is -0.159. The van der Waals surface area contributed by atoms with Crippen molar-refractivity contribution < 1.29 is 18.3 Å². The van der Waals surface area contributed by atoms with Crippen LogP contribution in [0.25, 0.3) is 0 Å². The molecule has 1 aromatic carbocycles. The summed E-state index contributed by atoms with van der Waals surface area (Å²) in [4.78, 5) is 0. The van der Waals surface area contributed by atoms with Gasteiger partial charge in [0.15, 0.2) is 0 Å². The van der Waals surface area contributed by atoms with Gasteiger partial charge in [-0.3, -0.25) is 0 Å². The molecule has 3 aliphatic rings. The molecule has 1 aromatic rings. The van der Waals surface area contributed by atoms with Crippen molar-refractivity contribution in [2.24, 2.45) is 11.8 Å². The first-order valence-corrected chi connectivity index (χ1v) is 9.10. The van der Waals surface area contributed by atoms with E-state index in [1.54, 1.807) is 12.1 Å². The van der Waals surface area contributed by atoms with Crippen molar-refractivity contribution in [2.45, 2.75) is 63.7 Å². The number of hydrogen-bond donors (Lipinski definition) is 1. The van der Waals surface area contributed by atoms with Gasteiger partial charge < -0.3 is 14.8 Å². The maximum absolute atomic E-state index is 13.1. The number of halogens is 2. The maximum atomic E-state index is 13.1. The molecular weight excluding hydrogens is 312 g/mol. The summed E-state index contributed by atoms with van der Waals surface area (Å²) in [6.45, 7) is 1.51. The van der Waals surface area contributed by atoms with Crippen molar-refractivity contribution in [1.29, 1.82) is 0 Å². The summed E-state index contributed by atoms with van der Waals surface area (Å²) in [5.74, 6) is 1.32. The Kier molecular flexibility index (Phi) is 4.15. The molecule has 0 bridgehead atoms. The summed E-state index contributed by atoms with van der Waals surface area (Å²) in [6, 6.07) is 5.64. The van der Waals surface area contributed by atoms with Crippen molar-refractivity contribution in [3.8, 4) is 5.75 Å². The number of anilines is 1. The van der Waals surface area contributed by atoms with E-state index in [1.807, 2.05) is 6.07 Å². The minimum Gasteiger partial charge on any atom is -0.433 e. The summed E-state index contributed by atoms with van der Waals surface area (Å²) in [7, 11) is 0. The molecule has 0 spiro atoms. The van der Waals surface area contributed by atoms with Gasteiger partial charge in [-0.2, -0.15) is 8.78 Å². The Balaban J connectivity index is 1.62. The summed E-state index contributed by atoms with van der Waals surface area (Å²) in [5.41, 5.74) is 1.98. The molecule has 1 aliphatic carbocycles. The number of ether oxygens (including phenoxy) is 2. The second kappa shape index (κ2) is 6.17. The quantitative estimate of drug-likeness (QED) is 0.829. The molecule has 2 heterocycles. The minimum absolute atomic E-state index is 0.00204. The van der Waals surface area contributed by atoms with Gasteiger partial charge in [0.05, 0.1) is 6.10 Å². The molecule has 0 aromatic heterocycles. The van der Waals surface area contributed by atoms with E-state index in [9.17, 15) is 8.78 Å². The van der Waals surface area contributed by atoms with Gasteiger partial charge in [-0.1, -0.05) is 19.3 Å². The molecule has 132 valence electrons. The molecule has 24 heavy (non-hydrogen) atoms. The predicted molar refractivity (Wildman–Crippen MR) is 88.5 cm³/mol. The Morgan fingerprint density at radius 1 is 1.17 bits per heavy atom. The van der Waals surface area contributed by atoms with Crippen molar-refractivity contribution in [2.75, 3.05) is 11.9 Å². The Labute approximate surface area is 141 Å². The number of nitrogens with one attached hydrogen (secondary N) is 1. The van der Waals surface area contributed by atoms with Gasteiger partial charge in [-0.05, 0) is 43.4 Å². The molecule has 1 N–H and O–H groups in total. The topological polar surface area (TPSA) is 30.5 Å². The number of hydrogen-bond acceptors (Lipinski definition) is 3. The molecule has 1 saturated carbocycles. The van der Waals surface area contributed by atoms with Crippen LogP contribution in [0.1, 0.15) is 57.1 Å². The minimum atomic E-state index is -3.17. The third-order valence-electron chi connectivity index (χ3n) is 5.71. The van der Waals surface area contributed by atoms with Crippen molar-refractivity contribution in [1.82, 2.24) is 0 Å². The van der Waals surface area contributed by atoms with Crippen LogP contribution in [0.2, 0.25) is 0 Å². The lowest BCUT2D eigenvalue weighted by Gasteiger charge is -2.42. The third-order valence-corrected chi connectivity index (χ3v) is 5.71. The SMILES string of the molecule is CC(F)(F)Oc1ccc2c(c1)[C@H]1OCC[C@H]1[C@@H](C1CCCCC1)N2. The Morgan fingerprint density at radius 3 is 2.71 bits per heavy atom. The highest BCUT2D eigenvalue weighted by atomic mass is 19.3. The van der Waals surface area contributed by atoms with Crippen LogP contribution in [0.3, 0.4) is 0 Å². The number of rotatable bonds is 3. The van der Waals surface area contributed by atoms with E-state index >= 15 is 0 Å². The third kappa shape index (κ3) is 3.10. The molecule has 2 aliphatic heterocycles. The van der Waals surface area contributed by atoms with Gasteiger partial charge in [0, 0.05) is 36.7 Å². The molecule has 0 unspecified atom stereocenters. The highest BCUT2D eigenvalue weighted by molar-refractivity contribution is 5.58. The molecule has 3 nitrogen and oxygen atoms in total. The van der Waals surface area contributed by atoms with E-state index in [0.717, 1.165) is 31.2 Å². The number of fused-ring (bicyclic) bond motifs is 3. The van der Waals surface area contributed by atoms with Gasteiger partial charge in [0.1, 0.15) is 5.75 Å².